The van der Waals surface area contributed by atoms with Crippen molar-refractivity contribution in [3.8, 4) is 28.3 Å². The van der Waals surface area contributed by atoms with Crippen molar-refractivity contribution < 1.29 is 4.42 Å². The molecule has 4 heteroatoms. The Hall–Kier alpha value is -5.01. The molecule has 0 aliphatic heterocycles. The molecule has 0 amide bonds. The summed E-state index contributed by atoms with van der Waals surface area (Å²) in [6.07, 6.45) is 3.63. The van der Waals surface area contributed by atoms with Crippen molar-refractivity contribution >= 4 is 43.7 Å². The molecule has 4 aromatic carbocycles. The average molecular weight is 447 g/mol. The molecule has 0 saturated heterocycles. The average Bonchev–Trinajstić information content (AvgIpc) is 3.30. The SMILES string of the molecule is N#Cc1ccc(-c2ccc3oc4ccc(-c5cc6cccnc6c6ncccc56)cc4c3c2)cc1. The van der Waals surface area contributed by atoms with Gasteiger partial charge in [0.15, 0.2) is 0 Å². The van der Waals surface area contributed by atoms with Gasteiger partial charge in [-0.25, -0.2) is 0 Å². The molecule has 0 spiro atoms. The number of furan rings is 1. The normalized spacial score (nSPS) is 11.4. The van der Waals surface area contributed by atoms with Gasteiger partial charge >= 0.3 is 0 Å². The zero-order valence-electron chi connectivity index (χ0n) is 18.6. The van der Waals surface area contributed by atoms with Crippen LogP contribution in [-0.4, -0.2) is 9.97 Å². The van der Waals surface area contributed by atoms with Gasteiger partial charge < -0.3 is 4.42 Å². The fourth-order valence-corrected chi connectivity index (χ4v) is 4.88. The highest BCUT2D eigenvalue weighted by Crippen LogP contribution is 2.38. The summed E-state index contributed by atoms with van der Waals surface area (Å²) in [6.45, 7) is 0. The minimum Gasteiger partial charge on any atom is -0.456 e. The summed E-state index contributed by atoms with van der Waals surface area (Å²) >= 11 is 0. The molecule has 0 aliphatic rings. The predicted molar refractivity (Wildman–Crippen MR) is 140 cm³/mol. The lowest BCUT2D eigenvalue weighted by molar-refractivity contribution is 0.669. The molecule has 0 fully saturated rings. The molecular formula is C31H17N3O. The zero-order valence-corrected chi connectivity index (χ0v) is 18.6. The van der Waals surface area contributed by atoms with Crippen LogP contribution in [-0.2, 0) is 0 Å². The molecule has 0 radical (unpaired) electrons. The summed E-state index contributed by atoms with van der Waals surface area (Å²) in [7, 11) is 0. The van der Waals surface area contributed by atoms with Crippen LogP contribution in [0.1, 0.15) is 5.56 Å². The third kappa shape index (κ3) is 3.07. The molecule has 0 atom stereocenters. The predicted octanol–water partition coefficient (Wildman–Crippen LogP) is 7.89. The van der Waals surface area contributed by atoms with Crippen molar-refractivity contribution in [3.63, 3.8) is 0 Å². The van der Waals surface area contributed by atoms with Crippen molar-refractivity contribution in [1.82, 2.24) is 9.97 Å². The summed E-state index contributed by atoms with van der Waals surface area (Å²) in [5, 5.41) is 13.4. The molecule has 0 N–H and O–H groups in total. The summed E-state index contributed by atoms with van der Waals surface area (Å²) in [6, 6.07) is 32.7. The minimum absolute atomic E-state index is 0.653. The quantitative estimate of drug-likeness (QED) is 0.253. The molecule has 0 saturated carbocycles. The molecule has 0 bridgehead atoms. The monoisotopic (exact) mass is 447 g/mol. The first-order chi connectivity index (χ1) is 17.3. The van der Waals surface area contributed by atoms with E-state index >= 15 is 0 Å². The maximum atomic E-state index is 9.11. The van der Waals surface area contributed by atoms with Crippen LogP contribution in [0.5, 0.6) is 0 Å². The summed E-state index contributed by atoms with van der Waals surface area (Å²) in [5.74, 6) is 0. The number of aromatic nitrogens is 2. The zero-order chi connectivity index (χ0) is 23.4. The molecule has 0 unspecified atom stereocenters. The van der Waals surface area contributed by atoms with Crippen LogP contribution in [0, 0.1) is 11.3 Å². The number of hydrogen-bond acceptors (Lipinski definition) is 4. The van der Waals surface area contributed by atoms with Crippen LogP contribution in [0.4, 0.5) is 0 Å². The number of rotatable bonds is 2. The number of fused-ring (bicyclic) bond motifs is 6. The lowest BCUT2D eigenvalue weighted by Gasteiger charge is -2.10. The van der Waals surface area contributed by atoms with Gasteiger partial charge in [-0.3, -0.25) is 9.97 Å². The molecular weight excluding hydrogens is 430 g/mol. The van der Waals surface area contributed by atoms with Gasteiger partial charge in [0.1, 0.15) is 11.2 Å². The third-order valence-electron chi connectivity index (χ3n) is 6.59. The summed E-state index contributed by atoms with van der Waals surface area (Å²) < 4.78 is 6.16. The molecule has 4 nitrogen and oxygen atoms in total. The summed E-state index contributed by atoms with van der Waals surface area (Å²) in [4.78, 5) is 9.23. The first kappa shape index (κ1) is 19.5. The Bertz CT molecular complexity index is 1960. The van der Waals surface area contributed by atoms with Gasteiger partial charge in [0.25, 0.3) is 0 Å². The summed E-state index contributed by atoms with van der Waals surface area (Å²) in [5.41, 5.74) is 8.54. The highest BCUT2D eigenvalue weighted by atomic mass is 16.3. The van der Waals surface area contributed by atoms with E-state index < -0.39 is 0 Å². The van der Waals surface area contributed by atoms with E-state index in [4.69, 9.17) is 9.68 Å². The van der Waals surface area contributed by atoms with E-state index in [1.807, 2.05) is 60.9 Å². The van der Waals surface area contributed by atoms with E-state index in [9.17, 15) is 0 Å². The van der Waals surface area contributed by atoms with Gasteiger partial charge in [-0.05, 0) is 76.9 Å². The molecule has 7 rings (SSSR count). The van der Waals surface area contributed by atoms with E-state index in [0.29, 0.717) is 5.56 Å². The second-order valence-corrected chi connectivity index (χ2v) is 8.61. The van der Waals surface area contributed by atoms with Crippen molar-refractivity contribution in [1.29, 1.82) is 5.26 Å². The second-order valence-electron chi connectivity index (χ2n) is 8.61. The lowest BCUT2D eigenvalue weighted by atomic mass is 9.96. The van der Waals surface area contributed by atoms with Crippen molar-refractivity contribution in [2.24, 2.45) is 0 Å². The van der Waals surface area contributed by atoms with Crippen LogP contribution >= 0.6 is 0 Å². The maximum Gasteiger partial charge on any atom is 0.135 e. The lowest BCUT2D eigenvalue weighted by Crippen LogP contribution is -1.88. The van der Waals surface area contributed by atoms with Gasteiger partial charge in [-0.15, -0.1) is 0 Å². The van der Waals surface area contributed by atoms with Crippen molar-refractivity contribution in [2.75, 3.05) is 0 Å². The van der Waals surface area contributed by atoms with Gasteiger partial charge in [0.05, 0.1) is 22.7 Å². The van der Waals surface area contributed by atoms with Crippen molar-refractivity contribution in [2.45, 2.75) is 0 Å². The van der Waals surface area contributed by atoms with Crippen LogP contribution in [0.2, 0.25) is 0 Å². The number of hydrogen-bond donors (Lipinski definition) is 0. The molecule has 162 valence electrons. The fraction of sp³-hybridized carbons (Fsp3) is 0. The van der Waals surface area contributed by atoms with Crippen LogP contribution in [0.3, 0.4) is 0 Å². The maximum absolute atomic E-state index is 9.11. The number of nitriles is 1. The minimum atomic E-state index is 0.653. The molecule has 3 heterocycles. The standard InChI is InChI=1S/C31H17N3O/c32-18-19-5-7-20(8-6-19)21-9-11-28-26(15-21)27-16-22(10-12-29(27)35-28)25-17-23-3-1-13-33-30(23)31-24(25)4-2-14-34-31/h1-17H. The van der Waals surface area contributed by atoms with E-state index in [-0.39, 0.29) is 0 Å². The Morgan fingerprint density at radius 1 is 0.600 bits per heavy atom. The first-order valence-corrected chi connectivity index (χ1v) is 11.4. The topological polar surface area (TPSA) is 62.7 Å². The highest BCUT2D eigenvalue weighted by molar-refractivity contribution is 6.12. The van der Waals surface area contributed by atoms with Gasteiger partial charge in [0.2, 0.25) is 0 Å². The molecule has 0 aliphatic carbocycles. The Labute approximate surface area is 200 Å². The van der Waals surface area contributed by atoms with Gasteiger partial charge in [-0.2, -0.15) is 5.26 Å². The van der Waals surface area contributed by atoms with Crippen LogP contribution in [0.15, 0.2) is 108 Å². The number of nitrogens with zero attached hydrogens (tertiary/aromatic N) is 3. The van der Waals surface area contributed by atoms with Crippen LogP contribution < -0.4 is 0 Å². The van der Waals surface area contributed by atoms with E-state index in [1.165, 1.54) is 0 Å². The van der Waals surface area contributed by atoms with Gasteiger partial charge in [-0.1, -0.05) is 36.4 Å². The van der Waals surface area contributed by atoms with Crippen LogP contribution in [0.25, 0.3) is 66.0 Å². The molecule has 7 aromatic rings. The Kier molecular flexibility index (Phi) is 4.18. The Morgan fingerprint density at radius 3 is 2.03 bits per heavy atom. The van der Waals surface area contributed by atoms with Crippen molar-refractivity contribution in [3.05, 3.63) is 109 Å². The molecule has 35 heavy (non-hydrogen) atoms. The molecule has 3 aromatic heterocycles. The second kappa shape index (κ2) is 7.51. The Morgan fingerprint density at radius 2 is 1.26 bits per heavy atom. The Balaban J connectivity index is 1.45. The highest BCUT2D eigenvalue weighted by Gasteiger charge is 2.14. The largest absolute Gasteiger partial charge is 0.456 e. The number of benzene rings is 4. The van der Waals surface area contributed by atoms with Gasteiger partial charge in [0, 0.05) is 33.9 Å². The van der Waals surface area contributed by atoms with E-state index in [0.717, 1.165) is 66.0 Å². The smallest absolute Gasteiger partial charge is 0.135 e. The fourth-order valence-electron chi connectivity index (χ4n) is 4.88. The number of pyridine rings is 2. The van der Waals surface area contributed by atoms with E-state index in [2.05, 4.69) is 58.5 Å². The van der Waals surface area contributed by atoms with E-state index in [1.54, 1.807) is 0 Å². The first-order valence-electron chi connectivity index (χ1n) is 11.4. The third-order valence-corrected chi connectivity index (χ3v) is 6.59.